The van der Waals surface area contributed by atoms with Crippen LogP contribution in [0.2, 0.25) is 0 Å². The molecule has 0 atom stereocenters. The summed E-state index contributed by atoms with van der Waals surface area (Å²) in [4.78, 5) is 149. The molecule has 3 aromatic rings. The molecule has 366 valence electrons. The largest absolute Gasteiger partial charge is 0.534 e. The third kappa shape index (κ3) is 16.9. The number of hydroxylamine groups is 6. The fourth-order valence-electron chi connectivity index (χ4n) is 5.81. The van der Waals surface area contributed by atoms with Crippen LogP contribution in [0, 0.1) is 13.8 Å². The van der Waals surface area contributed by atoms with E-state index < -0.39 is 65.8 Å². The molecule has 3 saturated heterocycles. The van der Waals surface area contributed by atoms with E-state index in [1.807, 2.05) is 0 Å². The summed E-state index contributed by atoms with van der Waals surface area (Å²) in [5.74, 6) is -3.45. The topological polar surface area (TPSA) is 298 Å². The number of imide groups is 3. The van der Waals surface area contributed by atoms with E-state index in [0.717, 1.165) is 0 Å². The second-order valence-electron chi connectivity index (χ2n) is 14.5. The van der Waals surface area contributed by atoms with Gasteiger partial charge in [-0.15, -0.1) is 0 Å². The number of nitrogens with zero attached hydrogens (tertiary/aromatic N) is 3. The zero-order chi connectivity index (χ0) is 50.8. The minimum Gasteiger partial charge on any atom is -0.428 e. The zero-order valence-corrected chi connectivity index (χ0v) is 37.8. The summed E-state index contributed by atoms with van der Waals surface area (Å²) in [6.45, 7) is 7.46. The summed E-state index contributed by atoms with van der Waals surface area (Å²) >= 11 is 0. The van der Waals surface area contributed by atoms with Crippen LogP contribution >= 0.6 is 0 Å². The first-order chi connectivity index (χ1) is 32.7. The van der Waals surface area contributed by atoms with Gasteiger partial charge in [-0.05, 0) is 78.1 Å². The van der Waals surface area contributed by atoms with Gasteiger partial charge in [-0.3, -0.25) is 57.7 Å². The lowest BCUT2D eigenvalue weighted by molar-refractivity contribution is -0.178. The number of carbonyl (C=O) groups excluding carboxylic acids is 12. The molecule has 6 rings (SSSR count). The highest BCUT2D eigenvalue weighted by Crippen LogP contribution is 2.26. The molecule has 0 spiro atoms. The molecule has 3 aromatic carbocycles. The number of esters is 3. The quantitative estimate of drug-likeness (QED) is 0.0942. The highest BCUT2D eigenvalue weighted by atomic mass is 16.8. The van der Waals surface area contributed by atoms with Crippen LogP contribution in [-0.2, 0) is 91.7 Å². The lowest BCUT2D eigenvalue weighted by Gasteiger charge is -2.14. The van der Waals surface area contributed by atoms with Gasteiger partial charge in [-0.2, -0.15) is 0 Å². The van der Waals surface area contributed by atoms with E-state index >= 15 is 0 Å². The van der Waals surface area contributed by atoms with Gasteiger partial charge in [-0.1, -0.05) is 46.4 Å². The van der Waals surface area contributed by atoms with Crippen molar-refractivity contribution in [3.05, 3.63) is 88.5 Å². The van der Waals surface area contributed by atoms with Gasteiger partial charge in [0.1, 0.15) is 37.1 Å². The Hall–Kier alpha value is -8.70. The lowest BCUT2D eigenvalue weighted by Crippen LogP contribution is -2.32. The minimum atomic E-state index is -1.15. The van der Waals surface area contributed by atoms with Crippen molar-refractivity contribution in [1.82, 2.24) is 15.2 Å². The van der Waals surface area contributed by atoms with Gasteiger partial charge in [0.25, 0.3) is 35.4 Å². The number of amides is 6. The van der Waals surface area contributed by atoms with Crippen LogP contribution in [0.15, 0.2) is 60.7 Å². The number of benzene rings is 3. The van der Waals surface area contributed by atoms with Crippen LogP contribution in [0.5, 0.6) is 17.2 Å². The summed E-state index contributed by atoms with van der Waals surface area (Å²) in [6.07, 6.45) is -3.06. The second-order valence-corrected chi connectivity index (χ2v) is 14.5. The smallest absolute Gasteiger partial charge is 0.428 e. The number of rotatable bonds is 13. The van der Waals surface area contributed by atoms with E-state index in [4.69, 9.17) is 28.4 Å². The van der Waals surface area contributed by atoms with Crippen molar-refractivity contribution in [2.75, 3.05) is 0 Å². The Kier molecular flexibility index (Phi) is 19.4. The first-order valence-corrected chi connectivity index (χ1v) is 20.7. The molecule has 6 amide bonds. The molecule has 0 aromatic heterocycles. The Balaban J connectivity index is 0.000000226. The predicted molar refractivity (Wildman–Crippen MR) is 224 cm³/mol. The molecular formula is C45H45N3O21. The number of hydrogen-bond acceptors (Lipinski definition) is 21. The molecule has 69 heavy (non-hydrogen) atoms. The standard InChI is InChI=1S/C16H17NO7.C15H15NO7.C14H13NO7/c1-9-6-12(7-10(2)15(9)23-11(3)18)8-22-16(21)24-17-13(19)4-5-14(17)20;1-2-14(19)22-11-5-3-10(4-6-11)9-21-15(20)23-16-12(17)7-8-13(16)18;1-9(16)21-11-4-2-10(3-5-11)8-20-14(19)22-15-12(17)6-7-13(15)18/h6-7H,4-5,8H2,1-3H3;3-6H,2,7-9H2,1H3;2-5H,6-8H2,1H3. The molecule has 3 heterocycles. The number of ether oxygens (including phenoxy) is 6. The van der Waals surface area contributed by atoms with E-state index in [9.17, 15) is 57.5 Å². The van der Waals surface area contributed by atoms with E-state index in [-0.39, 0.29) is 70.7 Å². The maximum atomic E-state index is 11.6. The van der Waals surface area contributed by atoms with Gasteiger partial charge >= 0.3 is 36.4 Å². The molecule has 3 aliphatic rings. The Morgan fingerprint density at radius 2 is 0.754 bits per heavy atom. The molecule has 24 nitrogen and oxygen atoms in total. The summed E-state index contributed by atoms with van der Waals surface area (Å²) < 4.78 is 29.5. The lowest BCUT2D eigenvalue weighted by atomic mass is 10.1. The normalized spacial score (nSPS) is 13.9. The van der Waals surface area contributed by atoms with Crippen molar-refractivity contribution in [3.63, 3.8) is 0 Å². The molecule has 0 N–H and O–H groups in total. The SMILES string of the molecule is CC(=O)Oc1c(C)cc(COC(=O)ON2C(=O)CCC2=O)cc1C.CC(=O)Oc1ccc(COC(=O)ON2C(=O)CCC2=O)cc1.CCC(=O)Oc1ccc(COC(=O)ON2C(=O)CCC2=O)cc1. The molecule has 3 fully saturated rings. The Bertz CT molecular complexity index is 2410. The van der Waals surface area contributed by atoms with E-state index in [1.165, 1.54) is 13.8 Å². The van der Waals surface area contributed by atoms with Gasteiger partial charge in [0, 0.05) is 58.8 Å². The van der Waals surface area contributed by atoms with Gasteiger partial charge in [0.15, 0.2) is 0 Å². The number of aryl methyl sites for hydroxylation is 2. The van der Waals surface area contributed by atoms with Crippen LogP contribution in [-0.4, -0.2) is 87.0 Å². The van der Waals surface area contributed by atoms with E-state index in [2.05, 4.69) is 14.5 Å². The van der Waals surface area contributed by atoms with Crippen molar-refractivity contribution < 1.29 is 100 Å². The Morgan fingerprint density at radius 1 is 0.449 bits per heavy atom. The van der Waals surface area contributed by atoms with Gasteiger partial charge in [-0.25, -0.2) is 14.4 Å². The number of carbonyl (C=O) groups is 12. The first kappa shape index (κ1) is 52.9. The maximum absolute atomic E-state index is 11.6. The molecule has 3 aliphatic heterocycles. The molecule has 0 saturated carbocycles. The average molecular weight is 964 g/mol. The summed E-state index contributed by atoms with van der Waals surface area (Å²) in [7, 11) is 0. The molecule has 0 bridgehead atoms. The minimum absolute atomic E-state index is 0.0160. The fraction of sp³-hybridized carbons (Fsp3) is 0.333. The highest BCUT2D eigenvalue weighted by Gasteiger charge is 2.35. The monoisotopic (exact) mass is 963 g/mol. The van der Waals surface area contributed by atoms with Crippen molar-refractivity contribution in [2.24, 2.45) is 0 Å². The summed E-state index contributed by atoms with van der Waals surface area (Å²) in [6, 6.07) is 16.0. The summed E-state index contributed by atoms with van der Waals surface area (Å²) in [5.41, 5.74) is 3.31. The predicted octanol–water partition coefficient (Wildman–Crippen LogP) is 4.99. The zero-order valence-electron chi connectivity index (χ0n) is 37.8. The van der Waals surface area contributed by atoms with Crippen LogP contribution in [0.25, 0.3) is 0 Å². The average Bonchev–Trinajstić information content (AvgIpc) is 3.92. The molecule has 0 unspecified atom stereocenters. The van der Waals surface area contributed by atoms with Crippen molar-refractivity contribution in [2.45, 2.75) is 99.4 Å². The fourth-order valence-corrected chi connectivity index (χ4v) is 5.81. The van der Waals surface area contributed by atoms with Crippen LogP contribution in [0.3, 0.4) is 0 Å². The molecule has 24 heteroatoms. The van der Waals surface area contributed by atoms with Gasteiger partial charge in [0.05, 0.1) is 0 Å². The van der Waals surface area contributed by atoms with Crippen molar-refractivity contribution in [3.8, 4) is 17.2 Å². The first-order valence-electron chi connectivity index (χ1n) is 20.7. The van der Waals surface area contributed by atoms with Crippen LogP contribution < -0.4 is 14.2 Å². The highest BCUT2D eigenvalue weighted by molar-refractivity contribution is 6.02. The molecular weight excluding hydrogens is 918 g/mol. The van der Waals surface area contributed by atoms with Crippen LogP contribution in [0.1, 0.15) is 93.5 Å². The third-order valence-electron chi connectivity index (χ3n) is 8.98. The Labute approximate surface area is 391 Å². The molecule has 0 aliphatic carbocycles. The number of hydrogen-bond donors (Lipinski definition) is 0. The van der Waals surface area contributed by atoms with E-state index in [1.54, 1.807) is 81.4 Å². The van der Waals surface area contributed by atoms with E-state index in [0.29, 0.717) is 60.3 Å². The van der Waals surface area contributed by atoms with Crippen LogP contribution in [0.4, 0.5) is 14.4 Å². The van der Waals surface area contributed by atoms with Crippen molar-refractivity contribution in [1.29, 1.82) is 0 Å². The second kappa shape index (κ2) is 25.3. The third-order valence-corrected chi connectivity index (χ3v) is 8.98. The summed E-state index contributed by atoms with van der Waals surface area (Å²) in [5, 5.41) is 1.24. The molecule has 0 radical (unpaired) electrons. The Morgan fingerprint density at radius 3 is 1.06 bits per heavy atom. The van der Waals surface area contributed by atoms with Gasteiger partial charge < -0.3 is 28.4 Å². The maximum Gasteiger partial charge on any atom is 0.534 e. The van der Waals surface area contributed by atoms with Crippen molar-refractivity contribution >= 4 is 71.8 Å². The van der Waals surface area contributed by atoms with Gasteiger partial charge in [0.2, 0.25) is 0 Å².